The van der Waals surface area contributed by atoms with Crippen LogP contribution >= 0.6 is 11.8 Å². The normalized spacial score (nSPS) is 19.3. The Labute approximate surface area is 190 Å². The summed E-state index contributed by atoms with van der Waals surface area (Å²) in [6, 6.07) is 1.61. The maximum Gasteiger partial charge on any atom is 0.251 e. The van der Waals surface area contributed by atoms with Crippen molar-refractivity contribution in [3.63, 3.8) is 0 Å². The van der Waals surface area contributed by atoms with Crippen molar-refractivity contribution in [2.75, 3.05) is 18.8 Å². The monoisotopic (exact) mass is 450 g/mol. The number of H-pyrrole nitrogens is 1. The molecule has 0 amide bonds. The number of hydrogen-bond acceptors (Lipinski definition) is 8. The fraction of sp³-hybridized carbons (Fsp3) is 0.409. The minimum Gasteiger partial charge on any atom is -0.326 e. The van der Waals surface area contributed by atoms with Crippen molar-refractivity contribution >= 4 is 16.7 Å². The van der Waals surface area contributed by atoms with E-state index < -0.39 is 0 Å². The molecule has 0 bridgehead atoms. The number of imidazole rings is 1. The molecule has 3 aromatic rings. The lowest BCUT2D eigenvalue weighted by Gasteiger charge is -2.31. The molecule has 3 N–H and O–H groups in total. The van der Waals surface area contributed by atoms with Crippen molar-refractivity contribution in [1.82, 2.24) is 34.4 Å². The van der Waals surface area contributed by atoms with Gasteiger partial charge >= 0.3 is 0 Å². The molecule has 1 atom stereocenters. The second-order valence-corrected chi connectivity index (χ2v) is 9.30. The van der Waals surface area contributed by atoms with E-state index in [0.29, 0.717) is 12.5 Å². The average Bonchev–Trinajstić information content (AvgIpc) is 3.52. The quantitative estimate of drug-likeness (QED) is 0.586. The maximum atomic E-state index is 12.3. The van der Waals surface area contributed by atoms with Crippen LogP contribution in [0.2, 0.25) is 0 Å². The molecule has 2 aliphatic heterocycles. The van der Waals surface area contributed by atoms with Crippen molar-refractivity contribution in [2.24, 2.45) is 5.73 Å². The number of nitrogens with zero attached hydrogens (tertiary/aromatic N) is 6. The molecule has 5 heterocycles. The standard InChI is InChI=1S/C22H26N8OS/c23-8-15-9-24-22(25-10-15)30-13-17(26-14-30)12-29-5-1-3-16(11-29)21-27-18(7-20(31)28-21)19-4-2-6-32-19/h4,7,9-10,13-14,16H,1-3,5-6,8,11-12,23H2,(H,27,28,31). The van der Waals surface area contributed by atoms with Gasteiger partial charge in [0.05, 0.1) is 11.4 Å². The first-order valence-corrected chi connectivity index (χ1v) is 11.9. The van der Waals surface area contributed by atoms with E-state index in [-0.39, 0.29) is 11.5 Å². The molecule has 2 aliphatic rings. The van der Waals surface area contributed by atoms with Gasteiger partial charge < -0.3 is 10.7 Å². The highest BCUT2D eigenvalue weighted by Gasteiger charge is 2.25. The third-order valence-electron chi connectivity index (χ3n) is 5.79. The van der Waals surface area contributed by atoms with Crippen LogP contribution in [0.5, 0.6) is 0 Å². The van der Waals surface area contributed by atoms with E-state index in [4.69, 9.17) is 10.7 Å². The van der Waals surface area contributed by atoms with Crippen LogP contribution in [0.15, 0.2) is 41.9 Å². The first-order chi connectivity index (χ1) is 15.7. The number of likely N-dealkylation sites (tertiary alicyclic amines) is 1. The molecule has 9 nitrogen and oxygen atoms in total. The number of rotatable bonds is 6. The van der Waals surface area contributed by atoms with E-state index in [0.717, 1.165) is 72.3 Å². The summed E-state index contributed by atoms with van der Waals surface area (Å²) in [5.74, 6) is 2.64. The van der Waals surface area contributed by atoms with Gasteiger partial charge in [0, 0.05) is 66.4 Å². The molecule has 3 aromatic heterocycles. The molecule has 0 aliphatic carbocycles. The SMILES string of the molecule is NCc1cnc(-n2cnc(CN3CCCC(c4nc(C5=CCCS5)cc(=O)[nH]4)C3)c2)nc1. The van der Waals surface area contributed by atoms with Crippen molar-refractivity contribution in [1.29, 1.82) is 0 Å². The van der Waals surface area contributed by atoms with Crippen LogP contribution in [0.4, 0.5) is 0 Å². The summed E-state index contributed by atoms with van der Waals surface area (Å²) in [7, 11) is 0. The van der Waals surface area contributed by atoms with Gasteiger partial charge in [-0.2, -0.15) is 0 Å². The molecule has 5 rings (SSSR count). The smallest absolute Gasteiger partial charge is 0.251 e. The number of nitrogens with one attached hydrogen (secondary N) is 1. The average molecular weight is 451 g/mol. The predicted octanol–water partition coefficient (Wildman–Crippen LogP) is 2.06. The molecule has 0 radical (unpaired) electrons. The summed E-state index contributed by atoms with van der Waals surface area (Å²) in [4.78, 5) is 36.8. The van der Waals surface area contributed by atoms with Crippen LogP contribution in [0.3, 0.4) is 0 Å². The number of nitrogens with two attached hydrogens (primary N) is 1. The van der Waals surface area contributed by atoms with Crippen LogP contribution < -0.4 is 11.3 Å². The third kappa shape index (κ3) is 4.67. The zero-order valence-electron chi connectivity index (χ0n) is 17.8. The number of hydrogen-bond donors (Lipinski definition) is 2. The van der Waals surface area contributed by atoms with Crippen LogP contribution in [0.25, 0.3) is 10.9 Å². The van der Waals surface area contributed by atoms with Gasteiger partial charge in [-0.15, -0.1) is 11.8 Å². The van der Waals surface area contributed by atoms with Crippen LogP contribution in [0.1, 0.15) is 48.0 Å². The lowest BCUT2D eigenvalue weighted by atomic mass is 9.97. The molecule has 1 saturated heterocycles. The second-order valence-electron chi connectivity index (χ2n) is 8.16. The van der Waals surface area contributed by atoms with Crippen molar-refractivity contribution < 1.29 is 0 Å². The van der Waals surface area contributed by atoms with Gasteiger partial charge in [0.2, 0.25) is 5.95 Å². The van der Waals surface area contributed by atoms with E-state index in [1.807, 2.05) is 10.8 Å². The largest absolute Gasteiger partial charge is 0.326 e. The number of allylic oxidation sites excluding steroid dienone is 1. The van der Waals surface area contributed by atoms with E-state index >= 15 is 0 Å². The highest BCUT2D eigenvalue weighted by atomic mass is 32.2. The van der Waals surface area contributed by atoms with E-state index in [9.17, 15) is 4.79 Å². The summed E-state index contributed by atoms with van der Waals surface area (Å²) < 4.78 is 1.83. The lowest BCUT2D eigenvalue weighted by molar-refractivity contribution is 0.194. The molecule has 32 heavy (non-hydrogen) atoms. The number of piperidine rings is 1. The Morgan fingerprint density at radius 3 is 2.91 bits per heavy atom. The first-order valence-electron chi connectivity index (χ1n) is 10.9. The van der Waals surface area contributed by atoms with E-state index in [1.54, 1.807) is 36.5 Å². The topological polar surface area (TPSA) is 119 Å². The summed E-state index contributed by atoms with van der Waals surface area (Å²) >= 11 is 1.77. The Morgan fingerprint density at radius 2 is 2.12 bits per heavy atom. The van der Waals surface area contributed by atoms with Gasteiger partial charge in [0.15, 0.2) is 0 Å². The van der Waals surface area contributed by atoms with Crippen LogP contribution in [0, 0.1) is 0 Å². The minimum absolute atomic E-state index is 0.0741. The lowest BCUT2D eigenvalue weighted by Crippen LogP contribution is -2.35. The Kier molecular flexibility index (Phi) is 6.15. The maximum absolute atomic E-state index is 12.3. The van der Waals surface area contributed by atoms with Crippen LogP contribution in [-0.2, 0) is 13.1 Å². The second kappa shape index (κ2) is 9.35. The Hall–Kier alpha value is -2.82. The first kappa shape index (κ1) is 21.0. The van der Waals surface area contributed by atoms with Crippen LogP contribution in [-0.4, -0.2) is 53.2 Å². The van der Waals surface area contributed by atoms with Crippen molar-refractivity contribution in [3.05, 3.63) is 70.2 Å². The molecule has 166 valence electrons. The number of aromatic amines is 1. The van der Waals surface area contributed by atoms with Gasteiger partial charge in [-0.3, -0.25) is 14.3 Å². The van der Waals surface area contributed by atoms with Gasteiger partial charge in [0.1, 0.15) is 12.2 Å². The highest BCUT2D eigenvalue weighted by Crippen LogP contribution is 2.33. The Bertz CT molecular complexity index is 1170. The molecule has 0 spiro atoms. The van der Waals surface area contributed by atoms with Gasteiger partial charge in [-0.25, -0.2) is 19.9 Å². The van der Waals surface area contributed by atoms with Gasteiger partial charge in [-0.05, 0) is 25.8 Å². The molecule has 0 saturated carbocycles. The van der Waals surface area contributed by atoms with E-state index in [1.165, 1.54) is 0 Å². The number of thioether (sulfide) groups is 1. The molecular formula is C22H26N8OS. The zero-order chi connectivity index (χ0) is 21.9. The molecular weight excluding hydrogens is 424 g/mol. The van der Waals surface area contributed by atoms with Gasteiger partial charge in [0.25, 0.3) is 5.56 Å². The highest BCUT2D eigenvalue weighted by molar-refractivity contribution is 8.08. The number of aromatic nitrogens is 6. The fourth-order valence-corrected chi connectivity index (χ4v) is 5.13. The van der Waals surface area contributed by atoms with E-state index in [2.05, 4.69) is 30.9 Å². The Morgan fingerprint density at radius 1 is 1.25 bits per heavy atom. The summed E-state index contributed by atoms with van der Waals surface area (Å²) in [5.41, 5.74) is 8.20. The van der Waals surface area contributed by atoms with Crippen molar-refractivity contribution in [2.45, 2.75) is 38.3 Å². The zero-order valence-corrected chi connectivity index (χ0v) is 18.6. The summed E-state index contributed by atoms with van der Waals surface area (Å²) in [6.45, 7) is 2.99. The third-order valence-corrected chi connectivity index (χ3v) is 6.92. The predicted molar refractivity (Wildman–Crippen MR) is 124 cm³/mol. The summed E-state index contributed by atoms with van der Waals surface area (Å²) in [5, 5.41) is 0. The molecule has 1 fully saturated rings. The minimum atomic E-state index is -0.0741. The molecule has 10 heteroatoms. The Balaban J connectivity index is 1.28. The van der Waals surface area contributed by atoms with Gasteiger partial charge in [-0.1, -0.05) is 6.08 Å². The molecule has 1 unspecified atom stereocenters. The summed E-state index contributed by atoms with van der Waals surface area (Å²) in [6.07, 6.45) is 12.5. The fourth-order valence-electron chi connectivity index (χ4n) is 4.19. The van der Waals surface area contributed by atoms with Crippen molar-refractivity contribution in [3.8, 4) is 5.95 Å². The molecule has 0 aromatic carbocycles.